The Morgan fingerprint density at radius 2 is 1.77 bits per heavy atom. The lowest BCUT2D eigenvalue weighted by Crippen LogP contribution is -2.15. The Morgan fingerprint density at radius 1 is 1.00 bits per heavy atom. The lowest BCUT2D eigenvalue weighted by Gasteiger charge is -2.09. The summed E-state index contributed by atoms with van der Waals surface area (Å²) in [5.41, 5.74) is 3.30. The minimum Gasteiger partial charge on any atom is -0.340 e. The molecule has 2 aromatic carbocycles. The van der Waals surface area contributed by atoms with E-state index < -0.39 is 0 Å². The molecule has 1 aromatic heterocycles. The molecule has 2 N–H and O–H groups in total. The van der Waals surface area contributed by atoms with E-state index in [0.29, 0.717) is 22.9 Å². The maximum Gasteiger partial charge on any atom is 0.274 e. The van der Waals surface area contributed by atoms with Gasteiger partial charge in [-0.1, -0.05) is 23.8 Å². The van der Waals surface area contributed by atoms with E-state index in [1.165, 1.54) is 0 Å². The van der Waals surface area contributed by atoms with Gasteiger partial charge in [0.25, 0.3) is 5.91 Å². The predicted molar refractivity (Wildman–Crippen MR) is 100 cm³/mol. The summed E-state index contributed by atoms with van der Waals surface area (Å²) in [7, 11) is 0. The zero-order valence-corrected chi connectivity index (χ0v) is 14.4. The third kappa shape index (κ3) is 4.22. The molecule has 26 heavy (non-hydrogen) atoms. The van der Waals surface area contributed by atoms with E-state index in [9.17, 15) is 4.79 Å². The SMILES string of the molecule is Cc1ccc(Nc2cc(C(=O)Nc3cccc(C#N)c3)nc(C)n2)cc1. The molecule has 6 heteroatoms. The second-order valence-electron chi connectivity index (χ2n) is 5.82. The molecule has 0 radical (unpaired) electrons. The van der Waals surface area contributed by atoms with Crippen molar-refractivity contribution >= 4 is 23.1 Å². The van der Waals surface area contributed by atoms with Crippen molar-refractivity contribution in [3.63, 3.8) is 0 Å². The summed E-state index contributed by atoms with van der Waals surface area (Å²) in [4.78, 5) is 21.0. The number of rotatable bonds is 4. The van der Waals surface area contributed by atoms with Gasteiger partial charge in [-0.15, -0.1) is 0 Å². The van der Waals surface area contributed by atoms with Gasteiger partial charge in [0.05, 0.1) is 11.6 Å². The van der Waals surface area contributed by atoms with Crippen LogP contribution in [0.3, 0.4) is 0 Å². The van der Waals surface area contributed by atoms with Gasteiger partial charge in [0.15, 0.2) is 0 Å². The average Bonchev–Trinajstić information content (AvgIpc) is 2.63. The van der Waals surface area contributed by atoms with Crippen molar-refractivity contribution in [3.05, 3.63) is 77.2 Å². The highest BCUT2D eigenvalue weighted by Crippen LogP contribution is 2.17. The van der Waals surface area contributed by atoms with E-state index in [1.54, 1.807) is 37.3 Å². The molecule has 128 valence electrons. The van der Waals surface area contributed by atoms with Gasteiger partial charge in [-0.3, -0.25) is 4.79 Å². The number of carbonyl (C=O) groups excluding carboxylic acids is 1. The number of nitrogens with zero attached hydrogens (tertiary/aromatic N) is 3. The molecule has 0 fully saturated rings. The zero-order valence-electron chi connectivity index (χ0n) is 14.4. The molecule has 0 bridgehead atoms. The molecule has 6 nitrogen and oxygen atoms in total. The van der Waals surface area contributed by atoms with Crippen molar-refractivity contribution in [3.8, 4) is 6.07 Å². The van der Waals surface area contributed by atoms with Crippen LogP contribution in [-0.4, -0.2) is 15.9 Å². The number of aryl methyl sites for hydroxylation is 2. The monoisotopic (exact) mass is 343 g/mol. The van der Waals surface area contributed by atoms with Crippen molar-refractivity contribution in [2.45, 2.75) is 13.8 Å². The Kier molecular flexibility index (Phi) is 4.90. The first-order valence-corrected chi connectivity index (χ1v) is 8.04. The molecular formula is C20H17N5O. The van der Waals surface area contributed by atoms with Crippen LogP contribution >= 0.6 is 0 Å². The Balaban J connectivity index is 1.81. The molecular weight excluding hydrogens is 326 g/mol. The number of anilines is 3. The van der Waals surface area contributed by atoms with Crippen LogP contribution in [0.5, 0.6) is 0 Å². The lowest BCUT2D eigenvalue weighted by atomic mass is 10.2. The topological polar surface area (TPSA) is 90.7 Å². The van der Waals surface area contributed by atoms with Gasteiger partial charge < -0.3 is 10.6 Å². The number of hydrogen-bond acceptors (Lipinski definition) is 5. The summed E-state index contributed by atoms with van der Waals surface area (Å²) in [6, 6.07) is 18.2. The number of nitriles is 1. The molecule has 0 aliphatic heterocycles. The van der Waals surface area contributed by atoms with Crippen molar-refractivity contribution in [1.82, 2.24) is 9.97 Å². The Hall–Kier alpha value is -3.72. The van der Waals surface area contributed by atoms with E-state index in [2.05, 4.69) is 20.6 Å². The van der Waals surface area contributed by atoms with Crippen LogP contribution in [0.15, 0.2) is 54.6 Å². The largest absolute Gasteiger partial charge is 0.340 e. The molecule has 3 rings (SSSR count). The van der Waals surface area contributed by atoms with Crippen molar-refractivity contribution in [2.75, 3.05) is 10.6 Å². The fourth-order valence-corrected chi connectivity index (χ4v) is 2.39. The Morgan fingerprint density at radius 3 is 2.50 bits per heavy atom. The van der Waals surface area contributed by atoms with E-state index >= 15 is 0 Å². The van der Waals surface area contributed by atoms with Gasteiger partial charge >= 0.3 is 0 Å². The highest BCUT2D eigenvalue weighted by Gasteiger charge is 2.11. The molecule has 0 unspecified atom stereocenters. The molecule has 0 aliphatic carbocycles. The van der Waals surface area contributed by atoms with Crippen LogP contribution in [0.4, 0.5) is 17.2 Å². The first kappa shape index (κ1) is 17.1. The maximum atomic E-state index is 12.5. The highest BCUT2D eigenvalue weighted by molar-refractivity contribution is 6.03. The third-order valence-electron chi connectivity index (χ3n) is 3.64. The average molecular weight is 343 g/mol. The smallest absolute Gasteiger partial charge is 0.274 e. The fraction of sp³-hybridized carbons (Fsp3) is 0.100. The van der Waals surface area contributed by atoms with E-state index in [0.717, 1.165) is 11.3 Å². The quantitative estimate of drug-likeness (QED) is 0.748. The van der Waals surface area contributed by atoms with Crippen LogP contribution in [-0.2, 0) is 0 Å². The first-order chi connectivity index (χ1) is 12.5. The molecule has 0 saturated heterocycles. The van der Waals surface area contributed by atoms with Gasteiger partial charge in [0.1, 0.15) is 17.3 Å². The minimum absolute atomic E-state index is 0.245. The first-order valence-electron chi connectivity index (χ1n) is 8.04. The van der Waals surface area contributed by atoms with E-state index in [1.807, 2.05) is 37.3 Å². The number of hydrogen-bond donors (Lipinski definition) is 2. The van der Waals surface area contributed by atoms with Crippen LogP contribution in [0.1, 0.15) is 27.4 Å². The molecule has 0 saturated carbocycles. The summed E-state index contributed by atoms with van der Waals surface area (Å²) in [5, 5.41) is 14.9. The number of amides is 1. The normalized spacial score (nSPS) is 10.0. The fourth-order valence-electron chi connectivity index (χ4n) is 2.39. The molecule has 3 aromatic rings. The molecule has 0 spiro atoms. The maximum absolute atomic E-state index is 12.5. The second kappa shape index (κ2) is 7.45. The lowest BCUT2D eigenvalue weighted by molar-refractivity contribution is 0.102. The van der Waals surface area contributed by atoms with Gasteiger partial charge in [-0.05, 0) is 44.2 Å². The molecule has 0 atom stereocenters. The van der Waals surface area contributed by atoms with Gasteiger partial charge in [0, 0.05) is 17.4 Å². The van der Waals surface area contributed by atoms with Gasteiger partial charge in [0.2, 0.25) is 0 Å². The van der Waals surface area contributed by atoms with Gasteiger partial charge in [-0.25, -0.2) is 9.97 Å². The molecule has 0 aliphatic rings. The number of aromatic nitrogens is 2. The Labute approximate surface area is 151 Å². The predicted octanol–water partition coefficient (Wildman–Crippen LogP) is 3.96. The van der Waals surface area contributed by atoms with Crippen LogP contribution in [0, 0.1) is 25.2 Å². The number of carbonyl (C=O) groups is 1. The highest BCUT2D eigenvalue weighted by atomic mass is 16.1. The van der Waals surface area contributed by atoms with E-state index in [4.69, 9.17) is 5.26 Å². The summed E-state index contributed by atoms with van der Waals surface area (Å²) < 4.78 is 0. The van der Waals surface area contributed by atoms with Crippen LogP contribution in [0.2, 0.25) is 0 Å². The van der Waals surface area contributed by atoms with Crippen molar-refractivity contribution in [1.29, 1.82) is 5.26 Å². The Bertz CT molecular complexity index is 990. The molecule has 1 heterocycles. The molecule has 1 amide bonds. The zero-order chi connectivity index (χ0) is 18.5. The minimum atomic E-state index is -0.363. The standard InChI is InChI=1S/C20H17N5O/c1-13-6-8-16(9-7-13)24-19-11-18(22-14(2)23-19)20(26)25-17-5-3-4-15(10-17)12-21/h3-11H,1-2H3,(H,25,26)(H,22,23,24). The summed E-state index contributed by atoms with van der Waals surface area (Å²) in [6.45, 7) is 3.75. The number of benzene rings is 2. The third-order valence-corrected chi connectivity index (χ3v) is 3.64. The van der Waals surface area contributed by atoms with Crippen molar-refractivity contribution < 1.29 is 4.79 Å². The van der Waals surface area contributed by atoms with Gasteiger partial charge in [-0.2, -0.15) is 5.26 Å². The second-order valence-corrected chi connectivity index (χ2v) is 5.82. The van der Waals surface area contributed by atoms with E-state index in [-0.39, 0.29) is 11.6 Å². The van der Waals surface area contributed by atoms with Crippen LogP contribution < -0.4 is 10.6 Å². The summed E-state index contributed by atoms with van der Waals surface area (Å²) in [6.07, 6.45) is 0. The number of nitrogens with one attached hydrogen (secondary N) is 2. The summed E-state index contributed by atoms with van der Waals surface area (Å²) >= 11 is 0. The van der Waals surface area contributed by atoms with Crippen molar-refractivity contribution in [2.24, 2.45) is 0 Å². The van der Waals surface area contributed by atoms with Crippen LogP contribution in [0.25, 0.3) is 0 Å². The summed E-state index contributed by atoms with van der Waals surface area (Å²) in [5.74, 6) is 0.660.